The van der Waals surface area contributed by atoms with Gasteiger partial charge in [0.05, 0.1) is 7.11 Å². The SMILES string of the molecule is COc1cccc(CCNC(=O)C(=O)Nc2cc(C)on2)c1. The second-order valence-electron chi connectivity index (χ2n) is 4.63. The van der Waals surface area contributed by atoms with Crippen molar-refractivity contribution in [1.82, 2.24) is 10.5 Å². The fraction of sp³-hybridized carbons (Fsp3) is 0.267. The van der Waals surface area contributed by atoms with Gasteiger partial charge in [-0.2, -0.15) is 0 Å². The summed E-state index contributed by atoms with van der Waals surface area (Å²) in [4.78, 5) is 23.3. The third-order valence-electron chi connectivity index (χ3n) is 2.91. The highest BCUT2D eigenvalue weighted by molar-refractivity contribution is 6.39. The molecule has 2 N–H and O–H groups in total. The van der Waals surface area contributed by atoms with Gasteiger partial charge >= 0.3 is 11.8 Å². The molecule has 7 nitrogen and oxygen atoms in total. The van der Waals surface area contributed by atoms with Crippen molar-refractivity contribution in [2.45, 2.75) is 13.3 Å². The summed E-state index contributed by atoms with van der Waals surface area (Å²) < 4.78 is 9.92. The number of nitrogens with zero attached hydrogens (tertiary/aromatic N) is 1. The highest BCUT2D eigenvalue weighted by atomic mass is 16.5. The summed E-state index contributed by atoms with van der Waals surface area (Å²) in [6, 6.07) is 9.05. The topological polar surface area (TPSA) is 93.5 Å². The fourth-order valence-corrected chi connectivity index (χ4v) is 1.83. The molecule has 2 aromatic rings. The third kappa shape index (κ3) is 4.34. The van der Waals surface area contributed by atoms with Crippen LogP contribution < -0.4 is 15.4 Å². The first kappa shape index (κ1) is 15.6. The molecule has 2 rings (SSSR count). The summed E-state index contributed by atoms with van der Waals surface area (Å²) in [5.41, 5.74) is 1.01. The first-order valence-electron chi connectivity index (χ1n) is 6.74. The molecule has 0 aliphatic carbocycles. The van der Waals surface area contributed by atoms with Crippen LogP contribution in [0.3, 0.4) is 0 Å². The van der Waals surface area contributed by atoms with Crippen molar-refractivity contribution >= 4 is 17.6 Å². The lowest BCUT2D eigenvalue weighted by Gasteiger charge is -2.06. The van der Waals surface area contributed by atoms with E-state index in [1.54, 1.807) is 14.0 Å². The smallest absolute Gasteiger partial charge is 0.314 e. The van der Waals surface area contributed by atoms with E-state index in [2.05, 4.69) is 15.8 Å². The number of carbonyl (C=O) groups excluding carboxylic acids is 2. The highest BCUT2D eigenvalue weighted by Gasteiger charge is 2.14. The first-order chi connectivity index (χ1) is 10.6. The number of methoxy groups -OCH3 is 1. The summed E-state index contributed by atoms with van der Waals surface area (Å²) in [5.74, 6) is 0.0182. The summed E-state index contributed by atoms with van der Waals surface area (Å²) in [5, 5.41) is 8.48. The Kier molecular flexibility index (Phi) is 5.13. The molecule has 0 aliphatic heterocycles. The van der Waals surface area contributed by atoms with Gasteiger partial charge in [-0.1, -0.05) is 17.3 Å². The van der Waals surface area contributed by atoms with Gasteiger partial charge in [0.25, 0.3) is 0 Å². The lowest BCUT2D eigenvalue weighted by molar-refractivity contribution is -0.136. The zero-order valence-corrected chi connectivity index (χ0v) is 12.4. The monoisotopic (exact) mass is 303 g/mol. The molecule has 22 heavy (non-hydrogen) atoms. The van der Waals surface area contributed by atoms with Crippen LogP contribution in [0.2, 0.25) is 0 Å². The van der Waals surface area contributed by atoms with Gasteiger partial charge in [-0.15, -0.1) is 0 Å². The number of aromatic nitrogens is 1. The number of carbonyl (C=O) groups is 2. The predicted octanol–water partition coefficient (Wildman–Crippen LogP) is 1.29. The van der Waals surface area contributed by atoms with E-state index in [9.17, 15) is 9.59 Å². The van der Waals surface area contributed by atoms with Crippen LogP contribution in [0, 0.1) is 6.92 Å². The molecule has 1 heterocycles. The van der Waals surface area contributed by atoms with E-state index in [0.29, 0.717) is 18.7 Å². The lowest BCUT2D eigenvalue weighted by atomic mass is 10.1. The molecule has 7 heteroatoms. The standard InChI is InChI=1S/C15H17N3O4/c1-10-8-13(18-22-10)17-15(20)14(19)16-7-6-11-4-3-5-12(9-11)21-2/h3-5,8-9H,6-7H2,1-2H3,(H,16,19)(H,17,18,20). The van der Waals surface area contributed by atoms with E-state index < -0.39 is 11.8 Å². The maximum atomic E-state index is 11.7. The van der Waals surface area contributed by atoms with Crippen LogP contribution in [0.5, 0.6) is 5.75 Å². The number of hydrogen-bond acceptors (Lipinski definition) is 5. The van der Waals surface area contributed by atoms with Crippen LogP contribution in [0.25, 0.3) is 0 Å². The van der Waals surface area contributed by atoms with E-state index in [0.717, 1.165) is 11.3 Å². The molecule has 0 fully saturated rings. The molecule has 1 aromatic carbocycles. The average Bonchev–Trinajstić information content (AvgIpc) is 2.92. The number of nitrogens with one attached hydrogen (secondary N) is 2. The van der Waals surface area contributed by atoms with Gasteiger partial charge < -0.3 is 14.6 Å². The van der Waals surface area contributed by atoms with Crippen molar-refractivity contribution in [1.29, 1.82) is 0 Å². The molecular formula is C15H17N3O4. The van der Waals surface area contributed by atoms with Crippen LogP contribution in [0.4, 0.5) is 5.82 Å². The number of anilines is 1. The van der Waals surface area contributed by atoms with Gasteiger partial charge in [0.1, 0.15) is 11.5 Å². The second kappa shape index (κ2) is 7.26. The van der Waals surface area contributed by atoms with E-state index in [4.69, 9.17) is 9.26 Å². The van der Waals surface area contributed by atoms with E-state index in [1.807, 2.05) is 24.3 Å². The molecule has 0 unspecified atom stereocenters. The number of benzene rings is 1. The molecule has 116 valence electrons. The maximum absolute atomic E-state index is 11.7. The second-order valence-corrected chi connectivity index (χ2v) is 4.63. The Bertz CT molecular complexity index is 666. The van der Waals surface area contributed by atoms with Crippen molar-refractivity contribution in [2.24, 2.45) is 0 Å². The summed E-state index contributed by atoms with van der Waals surface area (Å²) in [6.45, 7) is 2.04. The Morgan fingerprint density at radius 3 is 2.77 bits per heavy atom. The van der Waals surface area contributed by atoms with Gasteiger partial charge in [0.2, 0.25) is 0 Å². The van der Waals surface area contributed by atoms with Crippen molar-refractivity contribution in [2.75, 3.05) is 19.0 Å². The summed E-state index contributed by atoms with van der Waals surface area (Å²) in [7, 11) is 1.59. The Labute approximate surface area is 127 Å². The molecule has 1 aromatic heterocycles. The average molecular weight is 303 g/mol. The van der Waals surface area contributed by atoms with Gasteiger partial charge in [0.15, 0.2) is 5.82 Å². The number of ether oxygens (including phenoxy) is 1. The van der Waals surface area contributed by atoms with Gasteiger partial charge in [-0.05, 0) is 31.0 Å². The van der Waals surface area contributed by atoms with Crippen LogP contribution in [-0.4, -0.2) is 30.6 Å². The maximum Gasteiger partial charge on any atom is 0.314 e. The first-order valence-corrected chi connectivity index (χ1v) is 6.74. The summed E-state index contributed by atoms with van der Waals surface area (Å²) >= 11 is 0. The zero-order chi connectivity index (χ0) is 15.9. The number of hydrogen-bond donors (Lipinski definition) is 2. The normalized spacial score (nSPS) is 10.1. The summed E-state index contributed by atoms with van der Waals surface area (Å²) in [6.07, 6.45) is 0.597. The fourth-order valence-electron chi connectivity index (χ4n) is 1.83. The van der Waals surface area contributed by atoms with Crippen molar-refractivity contribution in [3.63, 3.8) is 0 Å². The van der Waals surface area contributed by atoms with E-state index >= 15 is 0 Å². The Hall–Kier alpha value is -2.83. The molecule has 0 aliphatic rings. The van der Waals surface area contributed by atoms with Crippen molar-refractivity contribution in [3.05, 3.63) is 41.7 Å². The molecule has 0 radical (unpaired) electrons. The Morgan fingerprint density at radius 1 is 1.27 bits per heavy atom. The van der Waals surface area contributed by atoms with Crippen LogP contribution in [0.1, 0.15) is 11.3 Å². The third-order valence-corrected chi connectivity index (χ3v) is 2.91. The molecule has 0 saturated heterocycles. The predicted molar refractivity (Wildman–Crippen MR) is 79.6 cm³/mol. The number of amides is 2. The number of rotatable bonds is 5. The van der Waals surface area contributed by atoms with E-state index in [-0.39, 0.29) is 5.82 Å². The van der Waals surface area contributed by atoms with Crippen molar-refractivity contribution in [3.8, 4) is 5.75 Å². The van der Waals surface area contributed by atoms with Gasteiger partial charge in [0, 0.05) is 12.6 Å². The Balaban J connectivity index is 1.78. The zero-order valence-electron chi connectivity index (χ0n) is 12.4. The molecule has 0 atom stereocenters. The lowest BCUT2D eigenvalue weighted by Crippen LogP contribution is -2.36. The molecule has 2 amide bonds. The quantitative estimate of drug-likeness (QED) is 0.812. The van der Waals surface area contributed by atoms with Gasteiger partial charge in [-0.25, -0.2) is 0 Å². The molecule has 0 saturated carbocycles. The minimum Gasteiger partial charge on any atom is -0.497 e. The largest absolute Gasteiger partial charge is 0.497 e. The number of aryl methyl sites for hydroxylation is 1. The van der Waals surface area contributed by atoms with Crippen LogP contribution >= 0.6 is 0 Å². The molecular weight excluding hydrogens is 286 g/mol. The minimum atomic E-state index is -0.779. The molecule has 0 spiro atoms. The van der Waals surface area contributed by atoms with E-state index in [1.165, 1.54) is 6.07 Å². The Morgan fingerprint density at radius 2 is 2.09 bits per heavy atom. The van der Waals surface area contributed by atoms with Crippen LogP contribution in [0.15, 0.2) is 34.9 Å². The van der Waals surface area contributed by atoms with Gasteiger partial charge in [-0.3, -0.25) is 14.9 Å². The van der Waals surface area contributed by atoms with Crippen LogP contribution in [-0.2, 0) is 16.0 Å². The minimum absolute atomic E-state index is 0.213. The highest BCUT2D eigenvalue weighted by Crippen LogP contribution is 2.12. The molecule has 0 bridgehead atoms. The van der Waals surface area contributed by atoms with Crippen molar-refractivity contribution < 1.29 is 18.8 Å².